The van der Waals surface area contributed by atoms with Gasteiger partial charge in [-0.3, -0.25) is 0 Å². The van der Waals surface area contributed by atoms with Gasteiger partial charge in [-0.25, -0.2) is 4.39 Å². The van der Waals surface area contributed by atoms with E-state index in [1.54, 1.807) is 12.1 Å². The van der Waals surface area contributed by atoms with Crippen molar-refractivity contribution in [1.29, 1.82) is 0 Å². The minimum atomic E-state index is -0.165. The lowest BCUT2D eigenvalue weighted by atomic mass is 10.1. The third-order valence-electron chi connectivity index (χ3n) is 3.13. The summed E-state index contributed by atoms with van der Waals surface area (Å²) in [6, 6.07) is 7.32. The van der Waals surface area contributed by atoms with E-state index in [0.29, 0.717) is 6.04 Å². The quantitative estimate of drug-likeness (QED) is 0.762. The number of anilines is 1. The third-order valence-corrected chi connectivity index (χ3v) is 3.13. The molecule has 0 saturated carbocycles. The lowest BCUT2D eigenvalue weighted by molar-refractivity contribution is 0.482. The maximum absolute atomic E-state index is 13.3. The summed E-state index contributed by atoms with van der Waals surface area (Å²) in [5.74, 6) is -0.165. The molecule has 1 unspecified atom stereocenters. The van der Waals surface area contributed by atoms with Crippen molar-refractivity contribution in [1.82, 2.24) is 5.32 Å². The Labute approximate surface area is 110 Å². The molecule has 1 aromatic carbocycles. The average molecular weight is 252 g/mol. The third kappa shape index (κ3) is 4.65. The largest absolute Gasteiger partial charge is 0.370 e. The van der Waals surface area contributed by atoms with Gasteiger partial charge in [0.15, 0.2) is 0 Å². The molecular formula is C15H25FN2. The molecule has 18 heavy (non-hydrogen) atoms. The molecule has 0 saturated heterocycles. The Morgan fingerprint density at radius 2 is 2.06 bits per heavy atom. The molecular weight excluding hydrogens is 227 g/mol. The molecule has 0 aliphatic carbocycles. The molecule has 2 nitrogen and oxygen atoms in total. The molecule has 3 heteroatoms. The van der Waals surface area contributed by atoms with Crippen LogP contribution in [0, 0.1) is 5.82 Å². The Hall–Kier alpha value is -1.09. The lowest BCUT2D eigenvalue weighted by Gasteiger charge is -2.28. The SMILES string of the molecule is CCCC(CN(CC)c1cccc(F)c1)NCC. The van der Waals surface area contributed by atoms with E-state index in [-0.39, 0.29) is 5.82 Å². The van der Waals surface area contributed by atoms with Crippen LogP contribution < -0.4 is 10.2 Å². The van der Waals surface area contributed by atoms with E-state index in [1.807, 2.05) is 6.07 Å². The highest BCUT2D eigenvalue weighted by Crippen LogP contribution is 2.16. The molecule has 0 heterocycles. The van der Waals surface area contributed by atoms with Crippen molar-refractivity contribution in [3.63, 3.8) is 0 Å². The zero-order chi connectivity index (χ0) is 13.4. The lowest BCUT2D eigenvalue weighted by Crippen LogP contribution is -2.41. The second-order valence-electron chi connectivity index (χ2n) is 4.56. The number of nitrogens with one attached hydrogen (secondary N) is 1. The molecule has 0 spiro atoms. The van der Waals surface area contributed by atoms with Crippen molar-refractivity contribution in [2.24, 2.45) is 0 Å². The number of hydrogen-bond acceptors (Lipinski definition) is 2. The maximum Gasteiger partial charge on any atom is 0.125 e. The molecule has 102 valence electrons. The van der Waals surface area contributed by atoms with E-state index in [0.717, 1.165) is 31.7 Å². The van der Waals surface area contributed by atoms with Crippen LogP contribution in [-0.4, -0.2) is 25.7 Å². The van der Waals surface area contributed by atoms with Gasteiger partial charge in [0.05, 0.1) is 0 Å². The fourth-order valence-corrected chi connectivity index (χ4v) is 2.25. The van der Waals surface area contributed by atoms with Gasteiger partial charge in [0, 0.05) is 24.8 Å². The molecule has 0 amide bonds. The Kier molecular flexibility index (Phi) is 6.73. The summed E-state index contributed by atoms with van der Waals surface area (Å²) in [5.41, 5.74) is 0.969. The predicted octanol–water partition coefficient (Wildman–Crippen LogP) is 3.43. The Morgan fingerprint density at radius 1 is 1.28 bits per heavy atom. The molecule has 0 radical (unpaired) electrons. The van der Waals surface area contributed by atoms with Gasteiger partial charge in [0.1, 0.15) is 5.82 Å². The normalized spacial score (nSPS) is 12.4. The smallest absolute Gasteiger partial charge is 0.125 e. The van der Waals surface area contributed by atoms with Crippen LogP contribution in [0.15, 0.2) is 24.3 Å². The zero-order valence-electron chi connectivity index (χ0n) is 11.7. The van der Waals surface area contributed by atoms with Gasteiger partial charge < -0.3 is 10.2 Å². The summed E-state index contributed by atoms with van der Waals surface area (Å²) in [6.07, 6.45) is 2.32. The summed E-state index contributed by atoms with van der Waals surface area (Å²) >= 11 is 0. The minimum absolute atomic E-state index is 0.165. The summed E-state index contributed by atoms with van der Waals surface area (Å²) in [5, 5.41) is 3.50. The number of benzene rings is 1. The Bertz CT molecular complexity index is 335. The fourth-order valence-electron chi connectivity index (χ4n) is 2.25. The highest BCUT2D eigenvalue weighted by atomic mass is 19.1. The van der Waals surface area contributed by atoms with Crippen LogP contribution >= 0.6 is 0 Å². The first kappa shape index (κ1) is 15.0. The number of nitrogens with zero attached hydrogens (tertiary/aromatic N) is 1. The molecule has 0 aromatic heterocycles. The van der Waals surface area contributed by atoms with Crippen LogP contribution in [0.4, 0.5) is 10.1 Å². The molecule has 0 fully saturated rings. The summed E-state index contributed by atoms with van der Waals surface area (Å²) in [4.78, 5) is 2.23. The first-order chi connectivity index (χ1) is 8.71. The van der Waals surface area contributed by atoms with Gasteiger partial charge in [0.25, 0.3) is 0 Å². The second kappa shape index (κ2) is 8.09. The second-order valence-corrected chi connectivity index (χ2v) is 4.56. The van der Waals surface area contributed by atoms with Gasteiger partial charge in [-0.1, -0.05) is 26.3 Å². The van der Waals surface area contributed by atoms with Gasteiger partial charge in [-0.05, 0) is 38.1 Å². The topological polar surface area (TPSA) is 15.3 Å². The van der Waals surface area contributed by atoms with Crippen molar-refractivity contribution >= 4 is 5.69 Å². The van der Waals surface area contributed by atoms with E-state index < -0.39 is 0 Å². The zero-order valence-corrected chi connectivity index (χ0v) is 11.7. The van der Waals surface area contributed by atoms with Crippen LogP contribution in [0.3, 0.4) is 0 Å². The number of rotatable bonds is 8. The van der Waals surface area contributed by atoms with E-state index in [1.165, 1.54) is 12.5 Å². The molecule has 1 N–H and O–H groups in total. The van der Waals surface area contributed by atoms with Gasteiger partial charge >= 0.3 is 0 Å². The first-order valence-electron chi connectivity index (χ1n) is 6.95. The first-order valence-corrected chi connectivity index (χ1v) is 6.95. The maximum atomic E-state index is 13.3. The van der Waals surface area contributed by atoms with E-state index in [2.05, 4.69) is 31.0 Å². The molecule has 1 rings (SSSR count). The number of likely N-dealkylation sites (N-methyl/N-ethyl adjacent to an activating group) is 2. The highest BCUT2D eigenvalue weighted by Gasteiger charge is 2.12. The monoisotopic (exact) mass is 252 g/mol. The summed E-state index contributed by atoms with van der Waals surface area (Å²) in [7, 11) is 0. The summed E-state index contributed by atoms with van der Waals surface area (Å²) < 4.78 is 13.3. The Morgan fingerprint density at radius 3 is 2.61 bits per heavy atom. The van der Waals surface area contributed by atoms with Crippen molar-refractivity contribution in [3.8, 4) is 0 Å². The predicted molar refractivity (Wildman–Crippen MR) is 76.7 cm³/mol. The Balaban J connectivity index is 2.70. The van der Waals surface area contributed by atoms with Crippen molar-refractivity contribution in [2.45, 2.75) is 39.7 Å². The molecule has 0 bridgehead atoms. The minimum Gasteiger partial charge on any atom is -0.370 e. The van der Waals surface area contributed by atoms with E-state index >= 15 is 0 Å². The van der Waals surface area contributed by atoms with Crippen LogP contribution in [-0.2, 0) is 0 Å². The molecule has 0 aliphatic rings. The number of halogens is 1. The van der Waals surface area contributed by atoms with Crippen LogP contribution in [0.5, 0.6) is 0 Å². The van der Waals surface area contributed by atoms with Crippen molar-refractivity contribution in [3.05, 3.63) is 30.1 Å². The van der Waals surface area contributed by atoms with Crippen LogP contribution in [0.25, 0.3) is 0 Å². The standard InChI is InChI=1S/C15H25FN2/c1-4-8-14(17-5-2)12-18(6-3)15-10-7-9-13(16)11-15/h7,9-11,14,17H,4-6,8,12H2,1-3H3. The van der Waals surface area contributed by atoms with Gasteiger partial charge in [-0.2, -0.15) is 0 Å². The van der Waals surface area contributed by atoms with E-state index in [4.69, 9.17) is 0 Å². The fraction of sp³-hybridized carbons (Fsp3) is 0.600. The molecule has 1 aromatic rings. The van der Waals surface area contributed by atoms with Gasteiger partial charge in [-0.15, -0.1) is 0 Å². The molecule has 0 aliphatic heterocycles. The number of hydrogen-bond donors (Lipinski definition) is 1. The van der Waals surface area contributed by atoms with E-state index in [9.17, 15) is 4.39 Å². The van der Waals surface area contributed by atoms with Crippen LogP contribution in [0.2, 0.25) is 0 Å². The van der Waals surface area contributed by atoms with Crippen molar-refractivity contribution in [2.75, 3.05) is 24.5 Å². The summed E-state index contributed by atoms with van der Waals surface area (Å²) in [6.45, 7) is 9.24. The van der Waals surface area contributed by atoms with Crippen molar-refractivity contribution < 1.29 is 4.39 Å². The highest BCUT2D eigenvalue weighted by molar-refractivity contribution is 5.46. The molecule has 1 atom stereocenters. The van der Waals surface area contributed by atoms with Crippen LogP contribution in [0.1, 0.15) is 33.6 Å². The average Bonchev–Trinajstić information content (AvgIpc) is 2.36. The van der Waals surface area contributed by atoms with Gasteiger partial charge in [0.2, 0.25) is 0 Å².